The third-order valence-electron chi connectivity index (χ3n) is 4.33. The largest absolute Gasteiger partial charge is 0.377 e. The number of nitrogens with zero attached hydrogens (tertiary/aromatic N) is 2. The Kier molecular flexibility index (Phi) is 8.75. The molecule has 0 aliphatic carbocycles. The Morgan fingerprint density at radius 2 is 1.86 bits per heavy atom. The van der Waals surface area contributed by atoms with Gasteiger partial charge in [0.15, 0.2) is 0 Å². The number of benzene rings is 1. The third-order valence-corrected chi connectivity index (χ3v) is 4.33. The maximum Gasteiger partial charge on any atom is 0.318 e. The molecule has 0 aromatic heterocycles. The molecule has 0 aliphatic heterocycles. The maximum absolute atomic E-state index is 12.9. The number of urea groups is 1. The van der Waals surface area contributed by atoms with Crippen LogP contribution in [0.25, 0.3) is 0 Å². The van der Waals surface area contributed by atoms with E-state index in [4.69, 9.17) is 4.74 Å². The second kappa shape index (κ2) is 10.3. The highest BCUT2D eigenvalue weighted by Crippen LogP contribution is 2.26. The Morgan fingerprint density at radius 1 is 1.21 bits per heavy atom. The monoisotopic (exact) mass is 392 g/mol. The molecule has 0 aliphatic rings. The lowest BCUT2D eigenvalue weighted by Crippen LogP contribution is -2.51. The topological polar surface area (TPSA) is 73.9 Å². The van der Waals surface area contributed by atoms with Gasteiger partial charge in [-0.3, -0.25) is 4.79 Å². The molecule has 0 fully saturated rings. The summed E-state index contributed by atoms with van der Waals surface area (Å²) in [5.74, 6) is -0.213. The molecule has 158 valence electrons. The van der Waals surface area contributed by atoms with E-state index in [-0.39, 0.29) is 30.1 Å². The van der Waals surface area contributed by atoms with Crippen molar-refractivity contribution in [3.63, 3.8) is 0 Å². The van der Waals surface area contributed by atoms with Crippen LogP contribution < -0.4 is 15.5 Å². The summed E-state index contributed by atoms with van der Waals surface area (Å²) in [6.07, 6.45) is 0.846. The van der Waals surface area contributed by atoms with Crippen molar-refractivity contribution in [2.75, 3.05) is 38.0 Å². The van der Waals surface area contributed by atoms with Crippen LogP contribution in [0.15, 0.2) is 18.2 Å². The van der Waals surface area contributed by atoms with E-state index in [1.807, 2.05) is 69.8 Å². The van der Waals surface area contributed by atoms with E-state index >= 15 is 0 Å². The summed E-state index contributed by atoms with van der Waals surface area (Å²) in [4.78, 5) is 28.6. The molecule has 0 spiro atoms. The number of methoxy groups -OCH3 is 1. The molecule has 1 unspecified atom stereocenters. The van der Waals surface area contributed by atoms with Gasteiger partial charge in [0, 0.05) is 50.7 Å². The summed E-state index contributed by atoms with van der Waals surface area (Å²) in [6, 6.07) is 5.70. The van der Waals surface area contributed by atoms with Gasteiger partial charge < -0.3 is 25.2 Å². The molecule has 0 radical (unpaired) electrons. The van der Waals surface area contributed by atoms with Crippen LogP contribution in [0.2, 0.25) is 0 Å². The van der Waals surface area contributed by atoms with E-state index in [0.29, 0.717) is 12.2 Å². The summed E-state index contributed by atoms with van der Waals surface area (Å²) < 4.78 is 4.88. The molecule has 0 heterocycles. The van der Waals surface area contributed by atoms with E-state index in [1.165, 1.54) is 7.11 Å². The Morgan fingerprint density at radius 3 is 2.36 bits per heavy atom. The third kappa shape index (κ3) is 7.38. The minimum Gasteiger partial charge on any atom is -0.377 e. The second-order valence-electron chi connectivity index (χ2n) is 8.28. The van der Waals surface area contributed by atoms with Gasteiger partial charge in [-0.25, -0.2) is 4.79 Å². The molecule has 3 amide bonds. The minimum absolute atomic E-state index is 0.00223. The van der Waals surface area contributed by atoms with Crippen molar-refractivity contribution in [3.05, 3.63) is 23.8 Å². The van der Waals surface area contributed by atoms with Crippen molar-refractivity contribution in [3.8, 4) is 0 Å². The van der Waals surface area contributed by atoms with Crippen LogP contribution >= 0.6 is 0 Å². The van der Waals surface area contributed by atoms with E-state index in [9.17, 15) is 9.59 Å². The van der Waals surface area contributed by atoms with Crippen molar-refractivity contribution in [1.82, 2.24) is 10.2 Å². The molecule has 7 nitrogen and oxygen atoms in total. The first-order valence-corrected chi connectivity index (χ1v) is 9.66. The molecular weight excluding hydrogens is 356 g/mol. The average Bonchev–Trinajstić information content (AvgIpc) is 2.57. The molecule has 0 bridgehead atoms. The fourth-order valence-electron chi connectivity index (χ4n) is 2.78. The first-order chi connectivity index (χ1) is 13.0. The highest BCUT2D eigenvalue weighted by atomic mass is 16.5. The van der Waals surface area contributed by atoms with Gasteiger partial charge in [0.05, 0.1) is 0 Å². The Labute approximate surface area is 169 Å². The second-order valence-corrected chi connectivity index (χ2v) is 8.28. The van der Waals surface area contributed by atoms with Crippen LogP contribution in [0.3, 0.4) is 0 Å². The summed E-state index contributed by atoms with van der Waals surface area (Å²) in [7, 11) is 5.41. The Hall–Kier alpha value is -2.28. The lowest BCUT2D eigenvalue weighted by atomic mass is 10.1. The standard InChI is InChI=1S/C21H36N4O3/c1-9-15(2)25(20(27)23-21(3,4)5)13-16-12-17(22-19(26)14-28-8)10-11-18(16)24(6)7/h10-12,15H,9,13-14H2,1-8H3,(H,22,26)(H,23,27). The highest BCUT2D eigenvalue weighted by molar-refractivity contribution is 5.92. The van der Waals surface area contributed by atoms with Gasteiger partial charge in [0.25, 0.3) is 0 Å². The number of ether oxygens (including phenoxy) is 1. The number of carbonyl (C=O) groups excluding carboxylic acids is 2. The van der Waals surface area contributed by atoms with Gasteiger partial charge >= 0.3 is 6.03 Å². The van der Waals surface area contributed by atoms with Crippen LogP contribution in [0, 0.1) is 0 Å². The van der Waals surface area contributed by atoms with Crippen molar-refractivity contribution >= 4 is 23.3 Å². The molecule has 1 atom stereocenters. The molecule has 2 N–H and O–H groups in total. The predicted octanol–water partition coefficient (Wildman–Crippen LogP) is 3.45. The summed E-state index contributed by atoms with van der Waals surface area (Å²) in [6.45, 7) is 10.5. The molecule has 1 rings (SSSR count). The summed E-state index contributed by atoms with van der Waals surface area (Å²) >= 11 is 0. The van der Waals surface area contributed by atoms with Crippen molar-refractivity contribution in [1.29, 1.82) is 0 Å². The van der Waals surface area contributed by atoms with Gasteiger partial charge in [-0.05, 0) is 57.9 Å². The van der Waals surface area contributed by atoms with Crippen LogP contribution in [0.4, 0.5) is 16.2 Å². The molecule has 0 saturated heterocycles. The number of rotatable bonds is 8. The molecule has 0 saturated carbocycles. The first kappa shape index (κ1) is 23.8. The normalized spacial score (nSPS) is 12.3. The van der Waals surface area contributed by atoms with Gasteiger partial charge in [-0.1, -0.05) is 6.92 Å². The maximum atomic E-state index is 12.9. The number of carbonyl (C=O) groups is 2. The SMILES string of the molecule is CCC(C)N(Cc1cc(NC(=O)COC)ccc1N(C)C)C(=O)NC(C)(C)C. The van der Waals surface area contributed by atoms with Crippen LogP contribution in [0.1, 0.15) is 46.6 Å². The van der Waals surface area contributed by atoms with Gasteiger partial charge in [0.1, 0.15) is 6.61 Å². The summed E-state index contributed by atoms with van der Waals surface area (Å²) in [5.41, 5.74) is 2.33. The Balaban J connectivity index is 3.20. The van der Waals surface area contributed by atoms with Crippen LogP contribution in [-0.2, 0) is 16.1 Å². The first-order valence-electron chi connectivity index (χ1n) is 9.66. The predicted molar refractivity (Wildman–Crippen MR) is 115 cm³/mol. The number of nitrogens with one attached hydrogen (secondary N) is 2. The molecule has 1 aromatic rings. The van der Waals surface area contributed by atoms with E-state index in [0.717, 1.165) is 17.7 Å². The van der Waals surface area contributed by atoms with Crippen molar-refractivity contribution in [2.24, 2.45) is 0 Å². The molecule has 7 heteroatoms. The van der Waals surface area contributed by atoms with Crippen molar-refractivity contribution in [2.45, 2.75) is 59.2 Å². The van der Waals surface area contributed by atoms with E-state index < -0.39 is 0 Å². The lowest BCUT2D eigenvalue weighted by Gasteiger charge is -2.33. The smallest absolute Gasteiger partial charge is 0.318 e. The van der Waals surface area contributed by atoms with Crippen LogP contribution in [0.5, 0.6) is 0 Å². The lowest BCUT2D eigenvalue weighted by molar-refractivity contribution is -0.119. The van der Waals surface area contributed by atoms with Crippen molar-refractivity contribution < 1.29 is 14.3 Å². The average molecular weight is 393 g/mol. The zero-order chi connectivity index (χ0) is 21.5. The molecule has 1 aromatic carbocycles. The number of amides is 3. The number of anilines is 2. The zero-order valence-corrected chi connectivity index (χ0v) is 18.5. The van der Waals surface area contributed by atoms with Gasteiger partial charge in [-0.15, -0.1) is 0 Å². The summed E-state index contributed by atoms with van der Waals surface area (Å²) in [5, 5.41) is 5.89. The van der Waals surface area contributed by atoms with Gasteiger partial charge in [0.2, 0.25) is 5.91 Å². The highest BCUT2D eigenvalue weighted by Gasteiger charge is 2.24. The molecular formula is C21H36N4O3. The number of hydrogen-bond donors (Lipinski definition) is 2. The minimum atomic E-state index is -0.316. The quantitative estimate of drug-likeness (QED) is 0.711. The zero-order valence-electron chi connectivity index (χ0n) is 18.5. The number of hydrogen-bond acceptors (Lipinski definition) is 4. The van der Waals surface area contributed by atoms with E-state index in [2.05, 4.69) is 17.6 Å². The van der Waals surface area contributed by atoms with E-state index in [1.54, 1.807) is 0 Å². The fourth-order valence-corrected chi connectivity index (χ4v) is 2.78. The van der Waals surface area contributed by atoms with Crippen LogP contribution in [-0.4, -0.2) is 56.2 Å². The Bertz CT molecular complexity index is 668. The fraction of sp³-hybridized carbons (Fsp3) is 0.619. The molecule has 28 heavy (non-hydrogen) atoms. The van der Waals surface area contributed by atoms with Gasteiger partial charge in [-0.2, -0.15) is 0 Å².